The Morgan fingerprint density at radius 3 is 2.65 bits per heavy atom. The van der Waals surface area contributed by atoms with Gasteiger partial charge >= 0.3 is 12.0 Å². The molecule has 0 saturated carbocycles. The van der Waals surface area contributed by atoms with Crippen molar-refractivity contribution in [1.82, 2.24) is 15.1 Å². The van der Waals surface area contributed by atoms with Crippen molar-refractivity contribution in [2.24, 2.45) is 5.92 Å². The summed E-state index contributed by atoms with van der Waals surface area (Å²) >= 11 is 0. The van der Waals surface area contributed by atoms with Gasteiger partial charge in [-0.25, -0.2) is 4.79 Å². The number of likely N-dealkylation sites (N-methyl/N-ethyl adjacent to an activating group) is 1. The van der Waals surface area contributed by atoms with Crippen LogP contribution in [0.5, 0.6) is 0 Å². The molecule has 0 aromatic carbocycles. The van der Waals surface area contributed by atoms with E-state index in [0.29, 0.717) is 26.1 Å². The topological polar surface area (TPSA) is 99.2 Å². The van der Waals surface area contributed by atoms with E-state index in [1.807, 2.05) is 0 Å². The van der Waals surface area contributed by atoms with Crippen LogP contribution in [0, 0.1) is 5.92 Å². The number of carboxylic acid groups (broad SMARTS) is 1. The summed E-state index contributed by atoms with van der Waals surface area (Å²) in [7, 11) is 1.51. The largest absolute Gasteiger partial charge is 0.481 e. The maximum absolute atomic E-state index is 12.4. The number of ether oxygens (including phenoxy) is 1. The number of hydrogen-bond donors (Lipinski definition) is 2. The first kappa shape index (κ1) is 14.6. The molecule has 2 fully saturated rings. The molecule has 2 N–H and O–H groups in total. The van der Waals surface area contributed by atoms with E-state index in [0.717, 1.165) is 0 Å². The Labute approximate surface area is 116 Å². The smallest absolute Gasteiger partial charge is 0.320 e. The first-order chi connectivity index (χ1) is 9.54. The molecule has 2 atom stereocenters. The number of hydrogen-bond acceptors (Lipinski definition) is 4. The third kappa shape index (κ3) is 2.84. The van der Waals surface area contributed by atoms with Crippen LogP contribution in [0.2, 0.25) is 0 Å². The predicted molar refractivity (Wildman–Crippen MR) is 68.1 cm³/mol. The molecule has 0 bridgehead atoms. The van der Waals surface area contributed by atoms with Crippen LogP contribution in [-0.2, 0) is 14.3 Å². The fourth-order valence-corrected chi connectivity index (χ4v) is 2.53. The summed E-state index contributed by atoms with van der Waals surface area (Å²) in [5.74, 6) is -1.67. The number of urea groups is 1. The number of rotatable bonds is 2. The number of nitrogens with zero attached hydrogens (tertiary/aromatic N) is 2. The standard InChI is InChI=1S/C12H19N3O5/c1-13-10(16)9-7-20-5-4-15(9)12(19)14-3-2-8(6-14)11(17)18/h8-9H,2-7H2,1H3,(H,13,16)(H,17,18). The Hall–Kier alpha value is -1.83. The molecule has 2 unspecified atom stereocenters. The van der Waals surface area contributed by atoms with Gasteiger partial charge in [0.15, 0.2) is 0 Å². The minimum absolute atomic E-state index is 0.168. The summed E-state index contributed by atoms with van der Waals surface area (Å²) in [4.78, 5) is 38.1. The number of carbonyl (C=O) groups is 3. The zero-order valence-corrected chi connectivity index (χ0v) is 11.4. The summed E-state index contributed by atoms with van der Waals surface area (Å²) in [5.41, 5.74) is 0. The number of aliphatic carboxylic acids is 1. The highest BCUT2D eigenvalue weighted by Gasteiger charge is 2.38. The molecule has 2 rings (SSSR count). The average Bonchev–Trinajstić information content (AvgIpc) is 2.95. The normalized spacial score (nSPS) is 26.4. The lowest BCUT2D eigenvalue weighted by atomic mass is 10.1. The Bertz CT molecular complexity index is 414. The number of carbonyl (C=O) groups excluding carboxylic acids is 2. The molecule has 0 aromatic rings. The molecule has 0 spiro atoms. The summed E-state index contributed by atoms with van der Waals surface area (Å²) in [5, 5.41) is 11.5. The van der Waals surface area contributed by atoms with Crippen LogP contribution in [0.4, 0.5) is 4.79 Å². The number of nitrogens with one attached hydrogen (secondary N) is 1. The van der Waals surface area contributed by atoms with Crippen molar-refractivity contribution in [3.05, 3.63) is 0 Å². The van der Waals surface area contributed by atoms with Gasteiger partial charge in [-0.2, -0.15) is 0 Å². The quantitative estimate of drug-likeness (QED) is 0.675. The number of carboxylic acids is 1. The molecule has 8 heteroatoms. The lowest BCUT2D eigenvalue weighted by Crippen LogP contribution is -2.58. The van der Waals surface area contributed by atoms with Crippen LogP contribution >= 0.6 is 0 Å². The van der Waals surface area contributed by atoms with Gasteiger partial charge in [0, 0.05) is 26.7 Å². The molecular weight excluding hydrogens is 266 g/mol. The second-order valence-corrected chi connectivity index (χ2v) is 4.95. The summed E-state index contributed by atoms with van der Waals surface area (Å²) in [6.45, 7) is 1.50. The third-order valence-corrected chi connectivity index (χ3v) is 3.73. The van der Waals surface area contributed by atoms with E-state index in [1.54, 1.807) is 0 Å². The lowest BCUT2D eigenvalue weighted by molar-refractivity contribution is -0.141. The van der Waals surface area contributed by atoms with Crippen molar-refractivity contribution in [3.8, 4) is 0 Å². The summed E-state index contributed by atoms with van der Waals surface area (Å²) in [6.07, 6.45) is 0.454. The first-order valence-electron chi connectivity index (χ1n) is 6.62. The minimum atomic E-state index is -0.884. The zero-order chi connectivity index (χ0) is 14.7. The van der Waals surface area contributed by atoms with Gasteiger partial charge in [0.25, 0.3) is 0 Å². The van der Waals surface area contributed by atoms with E-state index in [9.17, 15) is 14.4 Å². The molecule has 20 heavy (non-hydrogen) atoms. The highest BCUT2D eigenvalue weighted by atomic mass is 16.5. The van der Waals surface area contributed by atoms with Crippen molar-refractivity contribution in [1.29, 1.82) is 0 Å². The number of amides is 3. The Morgan fingerprint density at radius 2 is 2.05 bits per heavy atom. The maximum Gasteiger partial charge on any atom is 0.320 e. The first-order valence-corrected chi connectivity index (χ1v) is 6.62. The Kier molecular flexibility index (Phi) is 4.43. The van der Waals surface area contributed by atoms with Gasteiger partial charge in [0.2, 0.25) is 5.91 Å². The summed E-state index contributed by atoms with van der Waals surface area (Å²) in [6, 6.07) is -0.934. The third-order valence-electron chi connectivity index (χ3n) is 3.73. The number of likely N-dealkylation sites (tertiary alicyclic amines) is 1. The average molecular weight is 285 g/mol. The zero-order valence-electron chi connectivity index (χ0n) is 11.4. The van der Waals surface area contributed by atoms with Crippen LogP contribution in [0.1, 0.15) is 6.42 Å². The van der Waals surface area contributed by atoms with Gasteiger partial charge in [-0.1, -0.05) is 0 Å². The molecule has 0 aromatic heterocycles. The molecule has 2 saturated heterocycles. The Morgan fingerprint density at radius 1 is 1.30 bits per heavy atom. The van der Waals surface area contributed by atoms with E-state index in [2.05, 4.69) is 5.32 Å². The highest BCUT2D eigenvalue weighted by molar-refractivity contribution is 5.87. The molecule has 2 aliphatic heterocycles. The van der Waals surface area contributed by atoms with Gasteiger partial charge < -0.3 is 25.0 Å². The van der Waals surface area contributed by atoms with Crippen molar-refractivity contribution in [2.75, 3.05) is 39.9 Å². The molecule has 3 amide bonds. The fraction of sp³-hybridized carbons (Fsp3) is 0.750. The fourth-order valence-electron chi connectivity index (χ4n) is 2.53. The SMILES string of the molecule is CNC(=O)C1COCCN1C(=O)N1CCC(C(=O)O)C1. The van der Waals surface area contributed by atoms with Crippen LogP contribution in [0.15, 0.2) is 0 Å². The van der Waals surface area contributed by atoms with Crippen LogP contribution in [0.3, 0.4) is 0 Å². The summed E-state index contributed by atoms with van der Waals surface area (Å²) < 4.78 is 5.24. The molecule has 112 valence electrons. The van der Waals surface area contributed by atoms with Crippen molar-refractivity contribution in [3.63, 3.8) is 0 Å². The lowest BCUT2D eigenvalue weighted by Gasteiger charge is -2.36. The Balaban J connectivity index is 2.03. The van der Waals surface area contributed by atoms with Gasteiger partial charge in [-0.15, -0.1) is 0 Å². The van der Waals surface area contributed by atoms with Crippen molar-refractivity contribution in [2.45, 2.75) is 12.5 Å². The molecule has 8 nitrogen and oxygen atoms in total. The molecule has 0 radical (unpaired) electrons. The molecule has 0 aliphatic carbocycles. The van der Waals surface area contributed by atoms with E-state index >= 15 is 0 Å². The van der Waals surface area contributed by atoms with Crippen molar-refractivity contribution >= 4 is 17.9 Å². The minimum Gasteiger partial charge on any atom is -0.481 e. The van der Waals surface area contributed by atoms with E-state index in [1.165, 1.54) is 16.8 Å². The second kappa shape index (κ2) is 6.08. The van der Waals surface area contributed by atoms with Gasteiger partial charge in [-0.05, 0) is 6.42 Å². The van der Waals surface area contributed by atoms with Gasteiger partial charge in [-0.3, -0.25) is 9.59 Å². The molecule has 2 heterocycles. The monoisotopic (exact) mass is 285 g/mol. The number of morpholine rings is 1. The second-order valence-electron chi connectivity index (χ2n) is 4.95. The van der Waals surface area contributed by atoms with Crippen LogP contribution < -0.4 is 5.32 Å². The van der Waals surface area contributed by atoms with E-state index in [4.69, 9.17) is 9.84 Å². The molecule has 2 aliphatic rings. The van der Waals surface area contributed by atoms with Crippen molar-refractivity contribution < 1.29 is 24.2 Å². The highest BCUT2D eigenvalue weighted by Crippen LogP contribution is 2.20. The van der Waals surface area contributed by atoms with Crippen LogP contribution in [-0.4, -0.2) is 78.8 Å². The van der Waals surface area contributed by atoms with E-state index in [-0.39, 0.29) is 25.1 Å². The molecular formula is C12H19N3O5. The maximum atomic E-state index is 12.4. The van der Waals surface area contributed by atoms with Crippen LogP contribution in [0.25, 0.3) is 0 Å². The van der Waals surface area contributed by atoms with E-state index < -0.39 is 17.9 Å². The van der Waals surface area contributed by atoms with Gasteiger partial charge in [0.1, 0.15) is 6.04 Å². The predicted octanol–water partition coefficient (Wildman–Crippen LogP) is -1.04. The van der Waals surface area contributed by atoms with Gasteiger partial charge in [0.05, 0.1) is 19.1 Å².